The highest BCUT2D eigenvalue weighted by atomic mass is 32.2. The van der Waals surface area contributed by atoms with Crippen molar-refractivity contribution in [1.82, 2.24) is 4.90 Å². The van der Waals surface area contributed by atoms with E-state index in [1.807, 2.05) is 12.1 Å². The van der Waals surface area contributed by atoms with Crippen LogP contribution in [-0.2, 0) is 21.2 Å². The number of nitrogens with zero attached hydrogens (tertiary/aromatic N) is 1. The summed E-state index contributed by atoms with van der Waals surface area (Å²) in [6.45, 7) is 4.11. The van der Waals surface area contributed by atoms with Crippen LogP contribution in [0.5, 0.6) is 5.75 Å². The Balaban J connectivity index is 1.56. The third kappa shape index (κ3) is 4.95. The number of ether oxygens (including phenoxy) is 1. The Bertz CT molecular complexity index is 1050. The van der Waals surface area contributed by atoms with Gasteiger partial charge in [0.1, 0.15) is 11.5 Å². The molecule has 168 valence electrons. The number of benzene rings is 1. The summed E-state index contributed by atoms with van der Waals surface area (Å²) < 4.78 is 49.9. The van der Waals surface area contributed by atoms with Crippen molar-refractivity contribution in [3.05, 3.63) is 53.7 Å². The van der Waals surface area contributed by atoms with Crippen LogP contribution in [0.2, 0.25) is 0 Å². The number of rotatable bonds is 8. The van der Waals surface area contributed by atoms with E-state index >= 15 is 0 Å². The van der Waals surface area contributed by atoms with E-state index in [2.05, 4.69) is 6.92 Å². The summed E-state index contributed by atoms with van der Waals surface area (Å²) in [5.74, 6) is 1.61. The van der Waals surface area contributed by atoms with Gasteiger partial charge in [0.2, 0.25) is 0 Å². The minimum atomic E-state index is -3.20. The van der Waals surface area contributed by atoms with Crippen molar-refractivity contribution >= 4 is 15.7 Å². The molecule has 1 amide bonds. The molecule has 1 aliphatic heterocycles. The summed E-state index contributed by atoms with van der Waals surface area (Å²) in [6.07, 6.45) is 0.868. The average Bonchev–Trinajstić information content (AvgIpc) is 3.11. The smallest absolute Gasteiger partial charge is 0.264 e. The topological polar surface area (TPSA) is 76.8 Å². The number of furan rings is 1. The highest BCUT2D eigenvalue weighted by Crippen LogP contribution is 2.47. The fourth-order valence-corrected chi connectivity index (χ4v) is 5.89. The van der Waals surface area contributed by atoms with Crippen molar-refractivity contribution in [3.63, 3.8) is 0 Å². The quantitative estimate of drug-likeness (QED) is 0.611. The first-order valence-electron chi connectivity index (χ1n) is 10.8. The molecule has 1 aromatic heterocycles. The van der Waals surface area contributed by atoms with Gasteiger partial charge < -0.3 is 14.1 Å². The Morgan fingerprint density at radius 1 is 1.29 bits per heavy atom. The molecular weight excluding hydrogens is 421 g/mol. The molecule has 2 aromatic rings. The third-order valence-electron chi connectivity index (χ3n) is 6.17. The van der Waals surface area contributed by atoms with Gasteiger partial charge in [-0.2, -0.15) is 0 Å². The number of hydrogen-bond acceptors (Lipinski definition) is 5. The van der Waals surface area contributed by atoms with Gasteiger partial charge in [-0.25, -0.2) is 12.8 Å². The standard InChI is InChI=1S/C23H28FNO5S/c1-3-20(30-22-7-5-4-6-19(22)24)23(26)25(16-10-11-31(27,28)14-16)13-17-8-9-21(29-17)18-12-15(18)2/h4-9,15-16,18,20H,3,10-14H2,1-2H3. The van der Waals surface area contributed by atoms with Gasteiger partial charge >= 0.3 is 0 Å². The molecular formula is C23H28FNO5S. The first kappa shape index (κ1) is 21.9. The van der Waals surface area contributed by atoms with Crippen LogP contribution in [0.15, 0.2) is 40.8 Å². The Labute approximate surface area is 182 Å². The second kappa shape index (κ2) is 8.65. The molecule has 0 radical (unpaired) electrons. The second-order valence-corrected chi connectivity index (χ2v) is 10.8. The number of para-hydroxylation sites is 1. The number of carbonyl (C=O) groups excluding carboxylic acids is 1. The van der Waals surface area contributed by atoms with Crippen LogP contribution in [-0.4, -0.2) is 42.9 Å². The lowest BCUT2D eigenvalue weighted by Gasteiger charge is -2.31. The summed E-state index contributed by atoms with van der Waals surface area (Å²) in [5.41, 5.74) is 0. The van der Waals surface area contributed by atoms with Gasteiger partial charge in [-0.05, 0) is 49.4 Å². The maximum absolute atomic E-state index is 14.1. The SMILES string of the molecule is CCC(Oc1ccccc1F)C(=O)N(Cc1ccc(C2CC2C)o1)C1CCS(=O)(=O)C1. The normalized spacial score (nSPS) is 25.2. The van der Waals surface area contributed by atoms with Crippen LogP contribution in [0, 0.1) is 11.7 Å². The van der Waals surface area contributed by atoms with Gasteiger partial charge in [0.25, 0.3) is 5.91 Å². The van der Waals surface area contributed by atoms with Gasteiger partial charge in [-0.15, -0.1) is 0 Å². The average molecular weight is 450 g/mol. The fourth-order valence-electron chi connectivity index (χ4n) is 4.16. The molecule has 1 aromatic carbocycles. The zero-order valence-corrected chi connectivity index (χ0v) is 18.6. The van der Waals surface area contributed by atoms with E-state index in [0.717, 1.165) is 12.2 Å². The molecule has 4 atom stereocenters. The van der Waals surface area contributed by atoms with Gasteiger partial charge in [0.05, 0.1) is 18.1 Å². The summed E-state index contributed by atoms with van der Waals surface area (Å²) >= 11 is 0. The van der Waals surface area contributed by atoms with Crippen molar-refractivity contribution in [3.8, 4) is 5.75 Å². The molecule has 1 saturated carbocycles. The van der Waals surface area contributed by atoms with E-state index in [9.17, 15) is 17.6 Å². The van der Waals surface area contributed by atoms with Crippen molar-refractivity contribution in [1.29, 1.82) is 0 Å². The predicted molar refractivity (Wildman–Crippen MR) is 114 cm³/mol. The van der Waals surface area contributed by atoms with E-state index in [-0.39, 0.29) is 29.7 Å². The lowest BCUT2D eigenvalue weighted by atomic mass is 10.1. The van der Waals surface area contributed by atoms with E-state index in [0.29, 0.717) is 30.4 Å². The number of halogens is 1. The van der Waals surface area contributed by atoms with Crippen LogP contribution in [0.3, 0.4) is 0 Å². The summed E-state index contributed by atoms with van der Waals surface area (Å²) in [5, 5.41) is 0. The van der Waals surface area contributed by atoms with Crippen LogP contribution >= 0.6 is 0 Å². The number of hydrogen-bond donors (Lipinski definition) is 0. The largest absolute Gasteiger partial charge is 0.478 e. The number of carbonyl (C=O) groups is 1. The lowest BCUT2D eigenvalue weighted by Crippen LogP contribution is -2.47. The lowest BCUT2D eigenvalue weighted by molar-refractivity contribution is -0.142. The molecule has 31 heavy (non-hydrogen) atoms. The van der Waals surface area contributed by atoms with Gasteiger partial charge in [-0.1, -0.05) is 26.0 Å². The summed E-state index contributed by atoms with van der Waals surface area (Å²) in [6, 6.07) is 9.27. The molecule has 1 aliphatic carbocycles. The molecule has 0 N–H and O–H groups in total. The summed E-state index contributed by atoms with van der Waals surface area (Å²) in [7, 11) is -3.20. The molecule has 2 aliphatic rings. The Morgan fingerprint density at radius 3 is 2.65 bits per heavy atom. The minimum Gasteiger partial charge on any atom is -0.478 e. The van der Waals surface area contributed by atoms with Gasteiger partial charge in [0.15, 0.2) is 27.5 Å². The van der Waals surface area contributed by atoms with Crippen LogP contribution in [0.25, 0.3) is 0 Å². The van der Waals surface area contributed by atoms with Crippen molar-refractivity contribution in [2.24, 2.45) is 5.92 Å². The molecule has 1 saturated heterocycles. The number of sulfone groups is 1. The van der Waals surface area contributed by atoms with Crippen LogP contribution in [0.4, 0.5) is 4.39 Å². The Hall–Kier alpha value is -2.35. The summed E-state index contributed by atoms with van der Waals surface area (Å²) in [4.78, 5) is 15.0. The second-order valence-electron chi connectivity index (χ2n) is 8.59. The third-order valence-corrected chi connectivity index (χ3v) is 7.92. The highest BCUT2D eigenvalue weighted by Gasteiger charge is 2.39. The van der Waals surface area contributed by atoms with Gasteiger partial charge in [-0.3, -0.25) is 4.79 Å². The Kier molecular flexibility index (Phi) is 6.10. The van der Waals surface area contributed by atoms with Crippen molar-refractivity contribution in [2.45, 2.75) is 57.7 Å². The molecule has 2 heterocycles. The zero-order chi connectivity index (χ0) is 22.2. The van der Waals surface area contributed by atoms with Crippen molar-refractivity contribution < 1.29 is 26.8 Å². The molecule has 2 fully saturated rings. The molecule has 6 nitrogen and oxygen atoms in total. The van der Waals surface area contributed by atoms with Crippen LogP contribution < -0.4 is 4.74 Å². The molecule has 0 spiro atoms. The van der Waals surface area contributed by atoms with Gasteiger partial charge in [0, 0.05) is 12.0 Å². The highest BCUT2D eigenvalue weighted by molar-refractivity contribution is 7.91. The van der Waals surface area contributed by atoms with Crippen molar-refractivity contribution in [2.75, 3.05) is 11.5 Å². The predicted octanol–water partition coefficient (Wildman–Crippen LogP) is 3.92. The van der Waals surface area contributed by atoms with Crippen LogP contribution in [0.1, 0.15) is 50.5 Å². The molecule has 0 bridgehead atoms. The van der Waals surface area contributed by atoms with E-state index in [1.54, 1.807) is 24.0 Å². The van der Waals surface area contributed by atoms with E-state index in [4.69, 9.17) is 9.15 Å². The maximum Gasteiger partial charge on any atom is 0.264 e. The molecule has 4 rings (SSSR count). The maximum atomic E-state index is 14.1. The minimum absolute atomic E-state index is 0.00435. The Morgan fingerprint density at radius 2 is 2.03 bits per heavy atom. The first-order valence-corrected chi connectivity index (χ1v) is 12.6. The monoisotopic (exact) mass is 449 g/mol. The zero-order valence-electron chi connectivity index (χ0n) is 17.8. The van der Waals surface area contributed by atoms with E-state index < -0.39 is 27.8 Å². The molecule has 4 unspecified atom stereocenters. The first-order chi connectivity index (χ1) is 14.8. The number of amides is 1. The fraction of sp³-hybridized carbons (Fsp3) is 0.522. The van der Waals surface area contributed by atoms with E-state index in [1.165, 1.54) is 12.1 Å². The molecule has 8 heteroatoms.